The summed E-state index contributed by atoms with van der Waals surface area (Å²) in [5.74, 6) is -0.0822. The maximum absolute atomic E-state index is 13.2. The van der Waals surface area contributed by atoms with Crippen molar-refractivity contribution < 1.29 is 14.1 Å². The predicted molar refractivity (Wildman–Crippen MR) is 128 cm³/mol. The number of hydrogen-bond donors (Lipinski definition) is 1. The number of nitrogens with zero attached hydrogens (tertiary/aromatic N) is 5. The molecule has 10 nitrogen and oxygen atoms in total. The summed E-state index contributed by atoms with van der Waals surface area (Å²) in [6, 6.07) is 16.4. The fourth-order valence-corrected chi connectivity index (χ4v) is 3.52. The zero-order valence-electron chi connectivity index (χ0n) is 17.9. The minimum absolute atomic E-state index is 0.0509. The molecule has 0 fully saturated rings. The predicted octanol–water partition coefficient (Wildman–Crippen LogP) is 5.00. The van der Waals surface area contributed by atoms with Crippen LogP contribution >= 0.6 is 11.8 Å². The highest BCUT2D eigenvalue weighted by molar-refractivity contribution is 8.15. The number of nitro groups is 1. The molecule has 0 aliphatic rings. The topological polar surface area (TPSA) is 136 Å². The third kappa shape index (κ3) is 5.51. The van der Waals surface area contributed by atoms with E-state index in [-0.39, 0.29) is 27.6 Å². The number of thioether (sulfide) groups is 1. The molecule has 0 saturated carbocycles. The van der Waals surface area contributed by atoms with Crippen LogP contribution in [-0.4, -0.2) is 30.9 Å². The first-order valence-corrected chi connectivity index (χ1v) is 11.0. The van der Waals surface area contributed by atoms with E-state index in [0.29, 0.717) is 16.8 Å². The number of aromatic nitrogens is 3. The summed E-state index contributed by atoms with van der Waals surface area (Å²) in [5.41, 5.74) is 5.38. The van der Waals surface area contributed by atoms with Gasteiger partial charge in [-0.2, -0.15) is 5.10 Å². The first-order valence-electron chi connectivity index (χ1n) is 10.2. The molecule has 170 valence electrons. The number of anilines is 1. The Balaban J connectivity index is 1.60. The molecule has 4 aromatic rings. The molecule has 2 heterocycles. The molecule has 0 aliphatic carbocycles. The number of hydrazone groups is 1. The van der Waals surface area contributed by atoms with Gasteiger partial charge in [-0.1, -0.05) is 31.2 Å². The Hall–Kier alpha value is -4.38. The van der Waals surface area contributed by atoms with Gasteiger partial charge in [-0.05, 0) is 48.0 Å². The molecule has 0 spiro atoms. The first-order chi connectivity index (χ1) is 16.5. The Labute approximate surface area is 198 Å². The lowest BCUT2D eigenvalue weighted by Crippen LogP contribution is -2.13. The number of carbonyl (C=O) groups excluding carboxylic acids is 1. The molecule has 0 bridgehead atoms. The van der Waals surface area contributed by atoms with Crippen molar-refractivity contribution in [3.05, 3.63) is 94.3 Å². The molecule has 2 aromatic carbocycles. The first kappa shape index (κ1) is 22.8. The third-order valence-corrected chi connectivity index (χ3v) is 5.49. The maximum Gasteiger partial charge on any atom is 0.283 e. The number of carbonyl (C=O) groups is 1. The fraction of sp³-hybridized carbons (Fsp3) is 0.0870. The Morgan fingerprint density at radius 1 is 1.12 bits per heavy atom. The van der Waals surface area contributed by atoms with Crippen LogP contribution in [0.25, 0.3) is 11.5 Å². The molecule has 0 atom stereocenters. The molecule has 0 aliphatic heterocycles. The van der Waals surface area contributed by atoms with E-state index in [9.17, 15) is 14.9 Å². The van der Waals surface area contributed by atoms with Crippen molar-refractivity contribution in [2.75, 3.05) is 5.43 Å². The van der Waals surface area contributed by atoms with Gasteiger partial charge in [-0.3, -0.25) is 25.3 Å². The van der Waals surface area contributed by atoms with Crippen molar-refractivity contribution in [1.29, 1.82) is 0 Å². The van der Waals surface area contributed by atoms with Gasteiger partial charge in [0, 0.05) is 30.1 Å². The monoisotopic (exact) mass is 474 g/mol. The van der Waals surface area contributed by atoms with Gasteiger partial charge in [0.25, 0.3) is 10.9 Å². The second-order valence-corrected chi connectivity index (χ2v) is 7.87. The van der Waals surface area contributed by atoms with E-state index in [1.807, 2.05) is 19.1 Å². The van der Waals surface area contributed by atoms with E-state index in [1.54, 1.807) is 36.7 Å². The molecule has 2 aromatic heterocycles. The van der Waals surface area contributed by atoms with Gasteiger partial charge in [0.1, 0.15) is 0 Å². The van der Waals surface area contributed by atoms with Gasteiger partial charge in [-0.25, -0.2) is 0 Å². The highest BCUT2D eigenvalue weighted by atomic mass is 32.2. The number of nitrogens with one attached hydrogen (secondary N) is 1. The molecule has 34 heavy (non-hydrogen) atoms. The summed E-state index contributed by atoms with van der Waals surface area (Å²) in [6.07, 6.45) is 4.07. The van der Waals surface area contributed by atoms with Gasteiger partial charge in [0.05, 0.1) is 16.2 Å². The minimum Gasteiger partial charge on any atom is -0.411 e. The molecule has 0 amide bonds. The molecular formula is C23H18N6O4S. The van der Waals surface area contributed by atoms with Gasteiger partial charge >= 0.3 is 0 Å². The summed E-state index contributed by atoms with van der Waals surface area (Å²) >= 11 is 0.913. The number of aryl methyl sites for hydroxylation is 1. The number of hydrogen-bond acceptors (Lipinski definition) is 10. The molecule has 11 heteroatoms. The van der Waals surface area contributed by atoms with Gasteiger partial charge in [0.2, 0.25) is 11.7 Å². The Kier molecular flexibility index (Phi) is 7.04. The van der Waals surface area contributed by atoms with Crippen molar-refractivity contribution >= 4 is 34.0 Å². The van der Waals surface area contributed by atoms with E-state index in [4.69, 9.17) is 4.42 Å². The molecule has 4 rings (SSSR count). The number of rotatable bonds is 8. The van der Waals surface area contributed by atoms with E-state index in [1.165, 1.54) is 24.3 Å². The number of pyridine rings is 1. The summed E-state index contributed by atoms with van der Waals surface area (Å²) in [6.45, 7) is 2.03. The molecule has 0 unspecified atom stereocenters. The van der Waals surface area contributed by atoms with Gasteiger partial charge in [-0.15, -0.1) is 10.2 Å². The fourth-order valence-electron chi connectivity index (χ4n) is 2.85. The zero-order chi connectivity index (χ0) is 23.9. The molecular weight excluding hydrogens is 456 g/mol. The Morgan fingerprint density at radius 3 is 2.53 bits per heavy atom. The van der Waals surface area contributed by atoms with Crippen LogP contribution in [0.15, 0.2) is 87.8 Å². The summed E-state index contributed by atoms with van der Waals surface area (Å²) in [4.78, 5) is 27.6. The van der Waals surface area contributed by atoms with Crippen LogP contribution in [0, 0.1) is 10.1 Å². The van der Waals surface area contributed by atoms with Crippen molar-refractivity contribution in [1.82, 2.24) is 15.2 Å². The average Bonchev–Trinajstić information content (AvgIpc) is 3.35. The van der Waals surface area contributed by atoms with Crippen LogP contribution in [0.2, 0.25) is 0 Å². The van der Waals surface area contributed by atoms with E-state index in [0.717, 1.165) is 23.7 Å². The average molecular weight is 475 g/mol. The molecule has 0 radical (unpaired) electrons. The van der Waals surface area contributed by atoms with Crippen molar-refractivity contribution in [2.24, 2.45) is 5.10 Å². The van der Waals surface area contributed by atoms with E-state index in [2.05, 4.69) is 25.7 Å². The summed E-state index contributed by atoms with van der Waals surface area (Å²) < 4.78 is 5.68. The lowest BCUT2D eigenvalue weighted by molar-refractivity contribution is -0.384. The summed E-state index contributed by atoms with van der Waals surface area (Å²) in [5, 5.41) is 23.3. The van der Waals surface area contributed by atoms with Crippen LogP contribution < -0.4 is 5.43 Å². The summed E-state index contributed by atoms with van der Waals surface area (Å²) in [7, 11) is 0. The van der Waals surface area contributed by atoms with Crippen LogP contribution in [0.3, 0.4) is 0 Å². The van der Waals surface area contributed by atoms with Crippen LogP contribution in [-0.2, 0) is 6.42 Å². The van der Waals surface area contributed by atoms with Crippen LogP contribution in [0.4, 0.5) is 11.4 Å². The van der Waals surface area contributed by atoms with Crippen molar-refractivity contribution in [2.45, 2.75) is 18.6 Å². The standard InChI is InChI=1S/C23H18N6O4S/c1-2-15-5-7-16(8-6-15)20(30)22(27-25-18-9-11-19(12-10-18)29(31)32)34-23-28-26-21(33-23)17-4-3-13-24-14-17/h3-14,25H,2H2,1H3/b27-22+. The second kappa shape index (κ2) is 10.5. The normalized spacial score (nSPS) is 11.3. The van der Waals surface area contributed by atoms with Crippen LogP contribution in [0.5, 0.6) is 0 Å². The SMILES string of the molecule is CCc1ccc(C(=O)/C(=N\Nc2ccc([N+](=O)[O-])cc2)Sc2nnc(-c3cccnc3)o2)cc1. The highest BCUT2D eigenvalue weighted by Gasteiger charge is 2.20. The number of ketones is 1. The Bertz CT molecular complexity index is 1320. The Morgan fingerprint density at radius 2 is 1.88 bits per heavy atom. The van der Waals surface area contributed by atoms with E-state index < -0.39 is 4.92 Å². The molecule has 1 N–H and O–H groups in total. The highest BCUT2D eigenvalue weighted by Crippen LogP contribution is 2.25. The largest absolute Gasteiger partial charge is 0.411 e. The lowest BCUT2D eigenvalue weighted by atomic mass is 10.1. The van der Waals surface area contributed by atoms with Crippen LogP contribution in [0.1, 0.15) is 22.8 Å². The smallest absolute Gasteiger partial charge is 0.283 e. The second-order valence-electron chi connectivity index (χ2n) is 6.93. The number of non-ortho nitro benzene ring substituents is 1. The number of Topliss-reactive ketones (excluding diaryl/α,β-unsaturated/α-hetero) is 1. The van der Waals surface area contributed by atoms with Crippen molar-refractivity contribution in [3.63, 3.8) is 0 Å². The van der Waals surface area contributed by atoms with E-state index >= 15 is 0 Å². The molecule has 0 saturated heterocycles. The lowest BCUT2D eigenvalue weighted by Gasteiger charge is -2.06. The zero-order valence-corrected chi connectivity index (χ0v) is 18.7. The number of benzene rings is 2. The minimum atomic E-state index is -0.493. The van der Waals surface area contributed by atoms with Gasteiger partial charge in [0.15, 0.2) is 5.04 Å². The van der Waals surface area contributed by atoms with Gasteiger partial charge < -0.3 is 4.42 Å². The quantitative estimate of drug-likeness (QED) is 0.0933. The maximum atomic E-state index is 13.2. The number of nitro benzene ring substituents is 1. The van der Waals surface area contributed by atoms with Crippen molar-refractivity contribution in [3.8, 4) is 11.5 Å². The third-order valence-electron chi connectivity index (χ3n) is 4.68.